The third kappa shape index (κ3) is 5.75. The van der Waals surface area contributed by atoms with E-state index < -0.39 is 18.0 Å². The van der Waals surface area contributed by atoms with E-state index in [9.17, 15) is 10.0 Å². The number of carbonyl (C=O) groups is 1. The summed E-state index contributed by atoms with van der Waals surface area (Å²) in [7, 11) is 1.49. The van der Waals surface area contributed by atoms with Crippen LogP contribution in [0, 0.1) is 5.21 Å². The Labute approximate surface area is 110 Å². The van der Waals surface area contributed by atoms with E-state index in [0.717, 1.165) is 0 Å². The van der Waals surface area contributed by atoms with Gasteiger partial charge in [-0.3, -0.25) is 0 Å². The number of esters is 1. The van der Waals surface area contributed by atoms with Crippen LogP contribution in [0.25, 0.3) is 0 Å². The summed E-state index contributed by atoms with van der Waals surface area (Å²) in [4.78, 5) is 16.2. The van der Waals surface area contributed by atoms with Crippen molar-refractivity contribution in [3.8, 4) is 0 Å². The van der Waals surface area contributed by atoms with E-state index in [-0.39, 0.29) is 13.2 Å². The topological polar surface area (TPSA) is 98.5 Å². The van der Waals surface area contributed by atoms with Crippen LogP contribution in [0.1, 0.15) is 10.4 Å². The molecule has 0 aliphatic rings. The molecule has 0 spiro atoms. The summed E-state index contributed by atoms with van der Waals surface area (Å²) in [5.41, 5.74) is 2.47. The van der Waals surface area contributed by atoms with Gasteiger partial charge >= 0.3 is 5.97 Å². The molecular formula is C11H17N3O5. The summed E-state index contributed by atoms with van der Waals surface area (Å²) in [6.45, 7) is -0.363. The predicted molar refractivity (Wildman–Crippen MR) is 65.0 cm³/mol. The first-order valence-corrected chi connectivity index (χ1v) is 5.61. The lowest BCUT2D eigenvalue weighted by molar-refractivity contribution is -1.03. The second-order valence-corrected chi connectivity index (χ2v) is 3.61. The van der Waals surface area contributed by atoms with E-state index in [0.29, 0.717) is 5.56 Å². The third-order valence-electron chi connectivity index (χ3n) is 2.20. The van der Waals surface area contributed by atoms with Crippen LogP contribution in [-0.4, -0.2) is 43.1 Å². The Morgan fingerprint density at radius 1 is 1.47 bits per heavy atom. The Hall–Kier alpha value is -1.55. The first kappa shape index (κ1) is 15.5. The lowest BCUT2D eigenvalue weighted by Crippen LogP contribution is -3.19. The highest BCUT2D eigenvalue weighted by molar-refractivity contribution is 5.89. The van der Waals surface area contributed by atoms with Crippen molar-refractivity contribution in [1.29, 1.82) is 0 Å². The highest BCUT2D eigenvalue weighted by Gasteiger charge is 2.08. The monoisotopic (exact) mass is 271 g/mol. The molecule has 0 heterocycles. The van der Waals surface area contributed by atoms with Gasteiger partial charge in [0.2, 0.25) is 6.79 Å². The minimum Gasteiger partial charge on any atom is -0.591 e. The second-order valence-electron chi connectivity index (χ2n) is 3.61. The Balaban J connectivity index is 2.19. The molecule has 0 aliphatic heterocycles. The molecule has 8 heteroatoms. The van der Waals surface area contributed by atoms with Crippen LogP contribution >= 0.6 is 0 Å². The minimum atomic E-state index is -0.543. The summed E-state index contributed by atoms with van der Waals surface area (Å²) >= 11 is 0. The molecule has 1 aromatic rings. The van der Waals surface area contributed by atoms with Crippen molar-refractivity contribution in [3.63, 3.8) is 0 Å². The molecule has 0 amide bonds. The van der Waals surface area contributed by atoms with Gasteiger partial charge in [-0.2, -0.15) is 5.28 Å². The number of nitrogens with zero attached hydrogens (tertiary/aromatic N) is 1. The van der Waals surface area contributed by atoms with Gasteiger partial charge in [-0.1, -0.05) is 18.2 Å². The average molecular weight is 271 g/mol. The molecule has 0 bridgehead atoms. The van der Waals surface area contributed by atoms with Crippen molar-refractivity contribution in [2.45, 2.75) is 0 Å². The fourth-order valence-electron chi connectivity index (χ4n) is 1.16. The van der Waals surface area contributed by atoms with E-state index in [1.165, 1.54) is 12.1 Å². The maximum atomic E-state index is 11.5. The molecule has 8 nitrogen and oxygen atoms in total. The zero-order chi connectivity index (χ0) is 14.1. The zero-order valence-corrected chi connectivity index (χ0v) is 10.5. The van der Waals surface area contributed by atoms with Gasteiger partial charge < -0.3 is 15.1 Å². The van der Waals surface area contributed by atoms with E-state index in [2.05, 4.69) is 10.4 Å². The van der Waals surface area contributed by atoms with Crippen molar-refractivity contribution < 1.29 is 24.8 Å². The number of hydrogen-bond donors (Lipinski definition) is 3. The van der Waals surface area contributed by atoms with Gasteiger partial charge in [0.05, 0.1) is 18.7 Å². The number of likely N-dealkylation sites (N-methyl/N-ethyl adjacent to an activating group) is 1. The molecule has 0 radical (unpaired) electrons. The first-order chi connectivity index (χ1) is 9.15. The number of nitrogens with one attached hydrogen (secondary N) is 2. The summed E-state index contributed by atoms with van der Waals surface area (Å²) in [6, 6.07) is 8.42. The Morgan fingerprint density at radius 3 is 2.79 bits per heavy atom. The number of ether oxygens (including phenoxy) is 1. The maximum Gasteiger partial charge on any atom is 0.340 e. The summed E-state index contributed by atoms with van der Waals surface area (Å²) in [5.74, 6) is -0.543. The van der Waals surface area contributed by atoms with E-state index in [4.69, 9.17) is 9.84 Å². The molecular weight excluding hydrogens is 254 g/mol. The van der Waals surface area contributed by atoms with Gasteiger partial charge in [0.25, 0.3) is 0 Å². The molecule has 106 valence electrons. The molecule has 19 heavy (non-hydrogen) atoms. The van der Waals surface area contributed by atoms with Gasteiger partial charge in [0.15, 0.2) is 0 Å². The quantitative estimate of drug-likeness (QED) is 0.228. The standard InChI is InChI=1S/C11H17N3O5/c1-13(7-8-15)14(17)12-19-9-18-11(16)10-5-3-2-4-6-10/h2-6,12,14-15H,7-9H2,1H3. The zero-order valence-electron chi connectivity index (χ0n) is 10.5. The summed E-state index contributed by atoms with van der Waals surface area (Å²) in [6.07, 6.45) is 0. The maximum absolute atomic E-state index is 11.5. The smallest absolute Gasteiger partial charge is 0.340 e. The van der Waals surface area contributed by atoms with Crippen LogP contribution in [0.3, 0.4) is 0 Å². The first-order valence-electron chi connectivity index (χ1n) is 5.61. The van der Waals surface area contributed by atoms with Crippen molar-refractivity contribution >= 4 is 5.97 Å². The molecule has 1 rings (SSSR count). The predicted octanol–water partition coefficient (Wildman–Crippen LogP) is -1.54. The average Bonchev–Trinajstić information content (AvgIpc) is 2.44. The summed E-state index contributed by atoms with van der Waals surface area (Å²) in [5, 5.41) is 20.6. The van der Waals surface area contributed by atoms with Gasteiger partial charge in [0.1, 0.15) is 0 Å². The number of carbonyl (C=O) groups excluding carboxylic acids is 1. The highest BCUT2D eigenvalue weighted by atomic mass is 16.8. The molecule has 3 N–H and O–H groups in total. The fraction of sp³-hybridized carbons (Fsp3) is 0.364. The Kier molecular flexibility index (Phi) is 6.97. The normalized spacial score (nSPS) is 12.4. The highest BCUT2D eigenvalue weighted by Crippen LogP contribution is 2.00. The molecule has 0 aromatic heterocycles. The summed E-state index contributed by atoms with van der Waals surface area (Å²) < 4.78 is 4.77. The van der Waals surface area contributed by atoms with Crippen molar-refractivity contribution in [1.82, 2.24) is 10.6 Å². The third-order valence-corrected chi connectivity index (χ3v) is 2.20. The van der Waals surface area contributed by atoms with Crippen LogP contribution < -0.4 is 10.9 Å². The lowest BCUT2D eigenvalue weighted by atomic mass is 10.2. The van der Waals surface area contributed by atoms with Crippen LogP contribution in [-0.2, 0) is 9.57 Å². The van der Waals surface area contributed by atoms with Crippen molar-refractivity contribution in [3.05, 3.63) is 41.1 Å². The minimum absolute atomic E-state index is 0.146. The number of benzene rings is 1. The van der Waals surface area contributed by atoms with E-state index >= 15 is 0 Å². The largest absolute Gasteiger partial charge is 0.591 e. The van der Waals surface area contributed by atoms with Gasteiger partial charge in [-0.25, -0.2) is 9.63 Å². The molecule has 1 unspecified atom stereocenters. The van der Waals surface area contributed by atoms with Crippen LogP contribution in [0.5, 0.6) is 0 Å². The molecule has 0 saturated carbocycles. The van der Waals surface area contributed by atoms with E-state index in [1.807, 2.05) is 0 Å². The Morgan fingerprint density at radius 2 is 2.16 bits per heavy atom. The van der Waals surface area contributed by atoms with Crippen molar-refractivity contribution in [2.75, 3.05) is 27.0 Å². The molecule has 0 saturated heterocycles. The van der Waals surface area contributed by atoms with E-state index in [1.54, 1.807) is 30.3 Å². The molecule has 1 atom stereocenters. The molecule has 0 fully saturated rings. The molecule has 0 aliphatic carbocycles. The van der Waals surface area contributed by atoms with Gasteiger partial charge in [-0.15, -0.1) is 5.01 Å². The number of aliphatic hydroxyl groups excluding tert-OH is 1. The number of hydrogen-bond acceptors (Lipinski definition) is 7. The fourth-order valence-corrected chi connectivity index (χ4v) is 1.16. The number of rotatable bonds is 8. The van der Waals surface area contributed by atoms with Crippen molar-refractivity contribution in [2.24, 2.45) is 0 Å². The van der Waals surface area contributed by atoms with Crippen LogP contribution in [0.2, 0.25) is 0 Å². The number of aliphatic hydroxyl groups is 1. The Bertz CT molecular complexity index is 376. The SMILES string of the molecule is CN(CCO)[NH+]([O-])NOCOC(=O)c1ccccc1. The van der Waals surface area contributed by atoms with Gasteiger partial charge in [0, 0.05) is 7.05 Å². The second kappa shape index (κ2) is 8.53. The van der Waals surface area contributed by atoms with Crippen LogP contribution in [0.15, 0.2) is 30.3 Å². The van der Waals surface area contributed by atoms with Crippen LogP contribution in [0.4, 0.5) is 0 Å². The number of quaternary nitrogens is 1. The molecule has 1 aromatic carbocycles. The lowest BCUT2D eigenvalue weighted by Gasteiger charge is -2.28. The van der Waals surface area contributed by atoms with Gasteiger partial charge in [-0.05, 0) is 17.7 Å².